The Balaban J connectivity index is 1.61. The molecule has 0 spiro atoms. The van der Waals surface area contributed by atoms with Crippen molar-refractivity contribution in [2.75, 3.05) is 6.61 Å². The highest BCUT2D eigenvalue weighted by atomic mass is 19.2. The molecular weight excluding hydrogens is 373 g/mol. The molecule has 1 saturated carbocycles. The van der Waals surface area contributed by atoms with Gasteiger partial charge in [-0.25, -0.2) is 8.78 Å². The maximum atomic E-state index is 14.5. The zero-order chi connectivity index (χ0) is 20.8. The molecule has 0 unspecified atom stereocenters. The molecule has 1 fully saturated rings. The molecule has 29 heavy (non-hydrogen) atoms. The van der Waals surface area contributed by atoms with Crippen LogP contribution in [0.15, 0.2) is 36.4 Å². The predicted octanol–water partition coefficient (Wildman–Crippen LogP) is 7.44. The molecule has 2 aromatic carbocycles. The summed E-state index contributed by atoms with van der Waals surface area (Å²) in [6.45, 7) is 4.12. The van der Waals surface area contributed by atoms with Crippen LogP contribution in [0.1, 0.15) is 68.6 Å². The SMILES string of the molecule is CCCc1ccc(/C=C/C2CCC(c3ccc(OCC)c(F)c3F)CC2)c(F)c1. The summed E-state index contributed by atoms with van der Waals surface area (Å²) in [6.07, 6.45) is 9.13. The molecule has 0 atom stereocenters. The fraction of sp³-hybridized carbons (Fsp3) is 0.440. The second kappa shape index (κ2) is 10.00. The molecule has 0 aromatic heterocycles. The number of allylic oxidation sites excluding steroid dienone is 1. The van der Waals surface area contributed by atoms with Crippen molar-refractivity contribution in [3.05, 3.63) is 70.5 Å². The van der Waals surface area contributed by atoms with Gasteiger partial charge in [0, 0.05) is 5.56 Å². The molecule has 0 aliphatic heterocycles. The van der Waals surface area contributed by atoms with E-state index in [4.69, 9.17) is 4.74 Å². The molecule has 1 aliphatic carbocycles. The van der Waals surface area contributed by atoms with Gasteiger partial charge in [-0.15, -0.1) is 0 Å². The van der Waals surface area contributed by atoms with Crippen molar-refractivity contribution in [2.24, 2.45) is 5.92 Å². The van der Waals surface area contributed by atoms with E-state index in [9.17, 15) is 13.2 Å². The monoisotopic (exact) mass is 402 g/mol. The minimum atomic E-state index is -0.895. The molecule has 0 saturated heterocycles. The predicted molar refractivity (Wildman–Crippen MR) is 112 cm³/mol. The van der Waals surface area contributed by atoms with Gasteiger partial charge in [0.05, 0.1) is 6.61 Å². The van der Waals surface area contributed by atoms with Gasteiger partial charge < -0.3 is 4.74 Å². The Morgan fingerprint density at radius 3 is 2.38 bits per heavy atom. The lowest BCUT2D eigenvalue weighted by Crippen LogP contribution is -2.14. The van der Waals surface area contributed by atoms with E-state index in [0.717, 1.165) is 44.1 Å². The third-order valence-corrected chi connectivity index (χ3v) is 5.74. The zero-order valence-corrected chi connectivity index (χ0v) is 17.2. The molecule has 156 valence electrons. The van der Waals surface area contributed by atoms with E-state index in [1.165, 1.54) is 6.07 Å². The maximum absolute atomic E-state index is 14.5. The van der Waals surface area contributed by atoms with Crippen LogP contribution >= 0.6 is 0 Å². The Hall–Kier alpha value is -2.23. The number of hydrogen-bond acceptors (Lipinski definition) is 1. The molecule has 1 aliphatic rings. The average Bonchev–Trinajstić information content (AvgIpc) is 2.72. The number of halogens is 3. The summed E-state index contributed by atoms with van der Waals surface area (Å²) < 4.78 is 48.0. The van der Waals surface area contributed by atoms with Gasteiger partial charge in [0.2, 0.25) is 5.82 Å². The summed E-state index contributed by atoms with van der Waals surface area (Å²) in [4.78, 5) is 0. The van der Waals surface area contributed by atoms with Crippen LogP contribution in [0.3, 0.4) is 0 Å². The number of aryl methyl sites for hydroxylation is 1. The lowest BCUT2D eigenvalue weighted by Gasteiger charge is -2.27. The first-order valence-corrected chi connectivity index (χ1v) is 10.6. The largest absolute Gasteiger partial charge is 0.491 e. The number of benzene rings is 2. The van der Waals surface area contributed by atoms with E-state index in [1.807, 2.05) is 18.2 Å². The van der Waals surface area contributed by atoms with Crippen LogP contribution in [-0.2, 0) is 6.42 Å². The number of ether oxygens (including phenoxy) is 1. The molecule has 0 heterocycles. The molecule has 2 aromatic rings. The van der Waals surface area contributed by atoms with Gasteiger partial charge in [0.15, 0.2) is 11.6 Å². The molecule has 0 radical (unpaired) electrons. The van der Waals surface area contributed by atoms with Gasteiger partial charge in [0.25, 0.3) is 0 Å². The Kier molecular flexibility index (Phi) is 7.40. The third kappa shape index (κ3) is 5.23. The first-order valence-electron chi connectivity index (χ1n) is 10.6. The molecule has 3 rings (SSSR count). The van der Waals surface area contributed by atoms with Gasteiger partial charge in [-0.2, -0.15) is 4.39 Å². The number of hydrogen-bond donors (Lipinski definition) is 0. The summed E-state index contributed by atoms with van der Waals surface area (Å²) in [7, 11) is 0. The fourth-order valence-electron chi connectivity index (χ4n) is 4.14. The van der Waals surface area contributed by atoms with E-state index in [2.05, 4.69) is 13.0 Å². The van der Waals surface area contributed by atoms with Crippen molar-refractivity contribution in [1.29, 1.82) is 0 Å². The fourth-order valence-corrected chi connectivity index (χ4v) is 4.14. The highest BCUT2D eigenvalue weighted by Crippen LogP contribution is 2.39. The van der Waals surface area contributed by atoms with Gasteiger partial charge in [-0.05, 0) is 74.1 Å². The molecule has 0 bridgehead atoms. The Morgan fingerprint density at radius 1 is 0.966 bits per heavy atom. The second-order valence-corrected chi connectivity index (χ2v) is 7.79. The highest BCUT2D eigenvalue weighted by molar-refractivity contribution is 5.51. The van der Waals surface area contributed by atoms with Crippen LogP contribution in [0.2, 0.25) is 0 Å². The molecule has 0 N–H and O–H groups in total. The summed E-state index contributed by atoms with van der Waals surface area (Å²) in [6, 6.07) is 8.60. The van der Waals surface area contributed by atoms with E-state index in [1.54, 1.807) is 19.1 Å². The van der Waals surface area contributed by atoms with E-state index < -0.39 is 11.6 Å². The smallest absolute Gasteiger partial charge is 0.200 e. The second-order valence-electron chi connectivity index (χ2n) is 7.79. The van der Waals surface area contributed by atoms with Gasteiger partial charge in [0.1, 0.15) is 5.82 Å². The zero-order valence-electron chi connectivity index (χ0n) is 17.2. The van der Waals surface area contributed by atoms with Crippen LogP contribution < -0.4 is 4.74 Å². The molecular formula is C25H29F3O. The quantitative estimate of drug-likeness (QED) is 0.467. The van der Waals surface area contributed by atoms with Crippen LogP contribution in [0.4, 0.5) is 13.2 Å². The Labute approximate surface area is 171 Å². The van der Waals surface area contributed by atoms with Gasteiger partial charge in [-0.3, -0.25) is 0 Å². The summed E-state index contributed by atoms with van der Waals surface area (Å²) in [5.41, 5.74) is 2.06. The van der Waals surface area contributed by atoms with Gasteiger partial charge >= 0.3 is 0 Å². The normalized spacial score (nSPS) is 19.6. The lowest BCUT2D eigenvalue weighted by molar-refractivity contribution is 0.310. The van der Waals surface area contributed by atoms with Crippen molar-refractivity contribution in [2.45, 2.75) is 58.3 Å². The number of rotatable bonds is 7. The molecule has 4 heteroatoms. The third-order valence-electron chi connectivity index (χ3n) is 5.74. The minimum absolute atomic E-state index is 0.00916. The van der Waals surface area contributed by atoms with Crippen molar-refractivity contribution < 1.29 is 17.9 Å². The first kappa shape index (κ1) is 21.5. The van der Waals surface area contributed by atoms with E-state index >= 15 is 0 Å². The minimum Gasteiger partial charge on any atom is -0.491 e. The Morgan fingerprint density at radius 2 is 1.72 bits per heavy atom. The molecule has 0 amide bonds. The highest BCUT2D eigenvalue weighted by Gasteiger charge is 2.25. The van der Waals surface area contributed by atoms with Gasteiger partial charge in [-0.1, -0.05) is 43.7 Å². The van der Waals surface area contributed by atoms with Crippen LogP contribution in [0, 0.1) is 23.4 Å². The van der Waals surface area contributed by atoms with Crippen molar-refractivity contribution >= 4 is 6.08 Å². The standard InChI is InChI=1S/C25H29F3O/c1-3-5-18-9-13-20(22(26)16-18)12-8-17-6-10-19(11-7-17)21-14-15-23(29-4-2)25(28)24(21)27/h8-9,12-17,19H,3-7,10-11H2,1-2H3/b12-8+. The van der Waals surface area contributed by atoms with Crippen molar-refractivity contribution in [3.63, 3.8) is 0 Å². The van der Waals surface area contributed by atoms with E-state index in [-0.39, 0.29) is 17.5 Å². The average molecular weight is 403 g/mol. The van der Waals surface area contributed by atoms with E-state index in [0.29, 0.717) is 23.7 Å². The first-order chi connectivity index (χ1) is 14.0. The Bertz CT molecular complexity index is 851. The van der Waals surface area contributed by atoms with Crippen molar-refractivity contribution in [3.8, 4) is 5.75 Å². The summed E-state index contributed by atoms with van der Waals surface area (Å²) in [5, 5.41) is 0. The summed E-state index contributed by atoms with van der Waals surface area (Å²) in [5.74, 6) is -1.56. The summed E-state index contributed by atoms with van der Waals surface area (Å²) >= 11 is 0. The van der Waals surface area contributed by atoms with Crippen molar-refractivity contribution in [1.82, 2.24) is 0 Å². The van der Waals surface area contributed by atoms with Crippen LogP contribution in [0.25, 0.3) is 6.08 Å². The van der Waals surface area contributed by atoms with Crippen LogP contribution in [-0.4, -0.2) is 6.61 Å². The van der Waals surface area contributed by atoms with Crippen LogP contribution in [0.5, 0.6) is 5.75 Å². The maximum Gasteiger partial charge on any atom is 0.200 e. The molecule has 1 nitrogen and oxygen atoms in total. The lowest BCUT2D eigenvalue weighted by atomic mass is 9.78. The topological polar surface area (TPSA) is 9.23 Å².